The first kappa shape index (κ1) is 36.1. The molecule has 0 fully saturated rings. The molecule has 56 heavy (non-hydrogen) atoms. The Bertz CT molecular complexity index is 2420. The number of nitrogens with zero attached hydrogens (tertiary/aromatic N) is 2. The highest BCUT2D eigenvalue weighted by Crippen LogP contribution is 2.44. The van der Waals surface area contributed by atoms with E-state index in [2.05, 4.69) is 244 Å². The molecule has 8 aromatic carbocycles. The lowest BCUT2D eigenvalue weighted by Gasteiger charge is -2.30. The van der Waals surface area contributed by atoms with Crippen molar-refractivity contribution >= 4 is 69.2 Å². The molecule has 0 unspecified atom stereocenters. The lowest BCUT2D eigenvalue weighted by Crippen LogP contribution is -2.12. The zero-order valence-electron chi connectivity index (χ0n) is 32.5. The molecule has 0 saturated carbocycles. The van der Waals surface area contributed by atoms with Gasteiger partial charge in [0.15, 0.2) is 0 Å². The maximum atomic E-state index is 2.38. The summed E-state index contributed by atoms with van der Waals surface area (Å²) < 4.78 is 0. The van der Waals surface area contributed by atoms with E-state index in [1.807, 2.05) is 0 Å². The third-order valence-electron chi connectivity index (χ3n) is 10.3. The van der Waals surface area contributed by atoms with E-state index in [-0.39, 0.29) is 0 Å². The molecule has 0 aromatic heterocycles. The van der Waals surface area contributed by atoms with Gasteiger partial charge in [0.2, 0.25) is 0 Å². The number of rotatable bonds is 10. The maximum absolute atomic E-state index is 2.38. The van der Waals surface area contributed by atoms with Crippen LogP contribution in [0.25, 0.3) is 35.1 Å². The molecule has 2 heteroatoms. The molecule has 0 N–H and O–H groups in total. The first-order chi connectivity index (χ1) is 27.4. The van der Waals surface area contributed by atoms with Crippen LogP contribution in [0.3, 0.4) is 0 Å². The summed E-state index contributed by atoms with van der Waals surface area (Å²) in [5.41, 5.74) is 16.4. The predicted molar refractivity (Wildman–Crippen MR) is 243 cm³/mol. The first-order valence-corrected chi connectivity index (χ1v) is 19.3. The summed E-state index contributed by atoms with van der Waals surface area (Å²) in [4.78, 5) is 4.76. The monoisotopic (exact) mass is 722 g/mol. The van der Waals surface area contributed by atoms with Crippen molar-refractivity contribution in [3.8, 4) is 0 Å². The van der Waals surface area contributed by atoms with Crippen molar-refractivity contribution in [2.75, 3.05) is 9.80 Å². The Morgan fingerprint density at radius 1 is 0.268 bits per heavy atom. The van der Waals surface area contributed by atoms with Gasteiger partial charge in [-0.05, 0) is 111 Å². The van der Waals surface area contributed by atoms with Crippen LogP contribution in [0.1, 0.15) is 44.5 Å². The molecular formula is C54H46N2. The number of fused-ring (bicyclic) bond motifs is 1. The molecule has 0 atom stereocenters. The van der Waals surface area contributed by atoms with Crippen molar-refractivity contribution in [3.63, 3.8) is 0 Å². The van der Waals surface area contributed by atoms with Crippen molar-refractivity contribution in [1.82, 2.24) is 0 Å². The summed E-state index contributed by atoms with van der Waals surface area (Å²) in [7, 11) is 0. The minimum atomic E-state index is 1.10. The van der Waals surface area contributed by atoms with Gasteiger partial charge in [-0.2, -0.15) is 0 Å². The Morgan fingerprint density at radius 2 is 0.500 bits per heavy atom. The van der Waals surface area contributed by atoms with E-state index in [4.69, 9.17) is 0 Å². The third kappa shape index (κ3) is 8.11. The summed E-state index contributed by atoms with van der Waals surface area (Å²) in [6.07, 6.45) is 8.71. The summed E-state index contributed by atoms with van der Waals surface area (Å²) in [5, 5.41) is 2.34. The average molecular weight is 723 g/mol. The van der Waals surface area contributed by atoms with Gasteiger partial charge >= 0.3 is 0 Å². The topological polar surface area (TPSA) is 6.48 Å². The summed E-state index contributed by atoms with van der Waals surface area (Å²) in [6.45, 7) is 8.52. The zero-order valence-corrected chi connectivity index (χ0v) is 32.5. The lowest BCUT2D eigenvalue weighted by molar-refractivity contribution is 1.27. The highest BCUT2D eigenvalue weighted by molar-refractivity contribution is 6.06. The SMILES string of the molecule is Cc1ccc(C=Cc2ccc(N(c3ccc(C)cc3)c3cccc4c(N(c5ccc(C)cc5)c5ccc(C=Cc6ccc(C)cc6)cc5)cccc34)cc2)cc1. The fourth-order valence-corrected chi connectivity index (χ4v) is 7.12. The second kappa shape index (κ2) is 16.2. The standard InChI is InChI=1S/C54H46N2/c1-39-11-19-43(20-12-39)23-25-45-27-35-49(36-28-45)55(47-31-15-41(3)16-32-47)53-9-5-8-52-51(53)7-6-10-54(52)56(48-33-17-42(4)18-34-48)50-37-29-46(30-38-50)26-24-44-21-13-40(2)14-22-44/h5-38H,1-4H3. The van der Waals surface area contributed by atoms with E-state index in [0.29, 0.717) is 0 Å². The molecule has 0 heterocycles. The van der Waals surface area contributed by atoms with E-state index >= 15 is 0 Å². The molecule has 8 aromatic rings. The minimum absolute atomic E-state index is 1.10. The van der Waals surface area contributed by atoms with Crippen LogP contribution in [0.5, 0.6) is 0 Å². The largest absolute Gasteiger partial charge is 0.310 e. The van der Waals surface area contributed by atoms with E-state index in [1.54, 1.807) is 0 Å². The first-order valence-electron chi connectivity index (χ1n) is 19.3. The number of anilines is 6. The van der Waals surface area contributed by atoms with Crippen molar-refractivity contribution in [3.05, 3.63) is 226 Å². The lowest BCUT2D eigenvalue weighted by atomic mass is 10.0. The van der Waals surface area contributed by atoms with Gasteiger partial charge in [0.1, 0.15) is 0 Å². The third-order valence-corrected chi connectivity index (χ3v) is 10.3. The zero-order chi connectivity index (χ0) is 38.4. The molecule has 0 radical (unpaired) electrons. The van der Waals surface area contributed by atoms with Crippen molar-refractivity contribution < 1.29 is 0 Å². The summed E-state index contributed by atoms with van der Waals surface area (Å²) in [6, 6.07) is 66.0. The molecule has 0 aliphatic carbocycles. The second-order valence-corrected chi connectivity index (χ2v) is 14.7. The molecule has 0 amide bonds. The molecule has 272 valence electrons. The quantitative estimate of drug-likeness (QED) is 0.130. The van der Waals surface area contributed by atoms with Gasteiger partial charge in [-0.15, -0.1) is 0 Å². The fraction of sp³-hybridized carbons (Fsp3) is 0.0741. The van der Waals surface area contributed by atoms with Crippen LogP contribution < -0.4 is 9.80 Å². The van der Waals surface area contributed by atoms with Gasteiger partial charge in [0, 0.05) is 33.5 Å². The number of benzene rings is 8. The van der Waals surface area contributed by atoms with E-state index in [9.17, 15) is 0 Å². The van der Waals surface area contributed by atoms with E-state index in [1.165, 1.54) is 44.2 Å². The Kier molecular flexibility index (Phi) is 10.5. The van der Waals surface area contributed by atoms with E-state index < -0.39 is 0 Å². The molecule has 0 aliphatic heterocycles. The predicted octanol–water partition coefficient (Wildman–Crippen LogP) is 15.4. The highest BCUT2D eigenvalue weighted by atomic mass is 15.2. The van der Waals surface area contributed by atoms with Crippen LogP contribution in [-0.2, 0) is 0 Å². The van der Waals surface area contributed by atoms with Crippen LogP contribution in [0.4, 0.5) is 34.1 Å². The molecule has 0 aliphatic rings. The highest BCUT2D eigenvalue weighted by Gasteiger charge is 2.20. The van der Waals surface area contributed by atoms with E-state index in [0.717, 1.165) is 45.3 Å². The van der Waals surface area contributed by atoms with Crippen LogP contribution in [0.15, 0.2) is 182 Å². The molecule has 8 rings (SSSR count). The van der Waals surface area contributed by atoms with Gasteiger partial charge in [0.05, 0.1) is 11.4 Å². The second-order valence-electron chi connectivity index (χ2n) is 14.7. The summed E-state index contributed by atoms with van der Waals surface area (Å²) >= 11 is 0. The smallest absolute Gasteiger partial charge is 0.0540 e. The number of hydrogen-bond donors (Lipinski definition) is 0. The average Bonchev–Trinajstić information content (AvgIpc) is 3.23. The Labute approximate surface area is 332 Å². The fourth-order valence-electron chi connectivity index (χ4n) is 7.12. The molecule has 0 bridgehead atoms. The molecule has 2 nitrogen and oxygen atoms in total. The Balaban J connectivity index is 1.20. The Hall–Kier alpha value is -6.90. The van der Waals surface area contributed by atoms with Crippen LogP contribution >= 0.6 is 0 Å². The maximum Gasteiger partial charge on any atom is 0.0540 e. The Morgan fingerprint density at radius 3 is 0.786 bits per heavy atom. The van der Waals surface area contributed by atoms with Gasteiger partial charge in [0.25, 0.3) is 0 Å². The van der Waals surface area contributed by atoms with Crippen molar-refractivity contribution in [2.24, 2.45) is 0 Å². The van der Waals surface area contributed by atoms with Crippen LogP contribution in [0.2, 0.25) is 0 Å². The van der Waals surface area contributed by atoms with Crippen molar-refractivity contribution in [1.29, 1.82) is 0 Å². The minimum Gasteiger partial charge on any atom is -0.310 e. The van der Waals surface area contributed by atoms with Gasteiger partial charge in [-0.1, -0.05) is 168 Å². The van der Waals surface area contributed by atoms with Gasteiger partial charge < -0.3 is 9.80 Å². The molecule has 0 saturated heterocycles. The van der Waals surface area contributed by atoms with Crippen LogP contribution in [0, 0.1) is 27.7 Å². The normalized spacial score (nSPS) is 11.4. The van der Waals surface area contributed by atoms with Crippen LogP contribution in [-0.4, -0.2) is 0 Å². The number of aryl methyl sites for hydroxylation is 4. The van der Waals surface area contributed by atoms with Crippen molar-refractivity contribution in [2.45, 2.75) is 27.7 Å². The number of hydrogen-bond acceptors (Lipinski definition) is 2. The molecule has 0 spiro atoms. The summed E-state index contributed by atoms with van der Waals surface area (Å²) in [5.74, 6) is 0. The van der Waals surface area contributed by atoms with Gasteiger partial charge in [-0.3, -0.25) is 0 Å². The van der Waals surface area contributed by atoms with Gasteiger partial charge in [-0.25, -0.2) is 0 Å². The molecular weight excluding hydrogens is 677 g/mol.